The lowest BCUT2D eigenvalue weighted by Gasteiger charge is -2.07. The van der Waals surface area contributed by atoms with E-state index < -0.39 is 5.97 Å². The highest BCUT2D eigenvalue weighted by Crippen LogP contribution is 2.19. The van der Waals surface area contributed by atoms with Crippen molar-refractivity contribution in [2.24, 2.45) is 0 Å². The van der Waals surface area contributed by atoms with E-state index in [0.717, 1.165) is 23.3 Å². The third-order valence-electron chi connectivity index (χ3n) is 4.01. The van der Waals surface area contributed by atoms with Crippen molar-refractivity contribution in [3.63, 3.8) is 0 Å². The second-order valence-corrected chi connectivity index (χ2v) is 5.88. The van der Waals surface area contributed by atoms with Gasteiger partial charge in [0.25, 0.3) is 5.91 Å². The van der Waals surface area contributed by atoms with Crippen LogP contribution in [0.5, 0.6) is 0 Å². The summed E-state index contributed by atoms with van der Waals surface area (Å²) in [5.74, 6) is -1.26. The van der Waals surface area contributed by atoms with Gasteiger partial charge in [0.1, 0.15) is 11.3 Å². The Balaban J connectivity index is 1.97. The highest BCUT2D eigenvalue weighted by molar-refractivity contribution is 6.04. The molecule has 0 atom stereocenters. The van der Waals surface area contributed by atoms with Gasteiger partial charge < -0.3 is 10.4 Å². The number of aromatic carboxylic acids is 1. The van der Waals surface area contributed by atoms with Crippen molar-refractivity contribution in [2.75, 3.05) is 5.32 Å². The zero-order valence-electron chi connectivity index (χ0n) is 14.1. The first kappa shape index (κ1) is 16.7. The van der Waals surface area contributed by atoms with Crippen LogP contribution in [0.2, 0.25) is 0 Å². The molecule has 2 N–H and O–H groups in total. The minimum absolute atomic E-state index is 0.176. The first-order valence-corrected chi connectivity index (χ1v) is 8.12. The van der Waals surface area contributed by atoms with Crippen LogP contribution in [0.25, 0.3) is 5.65 Å². The topological polar surface area (TPSA) is 83.7 Å². The van der Waals surface area contributed by atoms with E-state index >= 15 is 0 Å². The number of amides is 1. The van der Waals surface area contributed by atoms with Gasteiger partial charge in [0.15, 0.2) is 0 Å². The normalized spacial score (nSPS) is 10.8. The van der Waals surface area contributed by atoms with Crippen molar-refractivity contribution in [1.82, 2.24) is 9.38 Å². The van der Waals surface area contributed by atoms with Crippen molar-refractivity contribution in [3.05, 3.63) is 65.1 Å². The monoisotopic (exact) mass is 337 g/mol. The number of carboxylic acid groups (broad SMARTS) is 1. The number of pyridine rings is 1. The van der Waals surface area contributed by atoms with Crippen LogP contribution >= 0.6 is 0 Å². The molecule has 0 saturated heterocycles. The van der Waals surface area contributed by atoms with Crippen molar-refractivity contribution >= 4 is 23.2 Å². The lowest BCUT2D eigenvalue weighted by Crippen LogP contribution is -2.16. The molecule has 0 aliphatic heterocycles. The predicted octanol–water partition coefficient (Wildman–Crippen LogP) is 3.55. The van der Waals surface area contributed by atoms with E-state index in [1.807, 2.05) is 32.2 Å². The van der Waals surface area contributed by atoms with Gasteiger partial charge in [-0.25, -0.2) is 9.78 Å². The summed E-state index contributed by atoms with van der Waals surface area (Å²) in [6.45, 7) is 4.01. The van der Waals surface area contributed by atoms with Crippen LogP contribution in [0.3, 0.4) is 0 Å². The molecule has 25 heavy (non-hydrogen) atoms. The Labute approximate surface area is 145 Å². The molecule has 3 rings (SSSR count). The molecule has 2 aromatic heterocycles. The number of anilines is 1. The maximum Gasteiger partial charge on any atom is 0.335 e. The van der Waals surface area contributed by atoms with E-state index in [1.54, 1.807) is 16.5 Å². The summed E-state index contributed by atoms with van der Waals surface area (Å²) in [4.78, 5) is 28.4. The minimum Gasteiger partial charge on any atom is -0.478 e. The third-order valence-corrected chi connectivity index (χ3v) is 4.01. The molecular weight excluding hydrogens is 318 g/mol. The van der Waals surface area contributed by atoms with Crippen LogP contribution in [0.4, 0.5) is 5.69 Å². The third kappa shape index (κ3) is 3.24. The van der Waals surface area contributed by atoms with Crippen molar-refractivity contribution in [1.29, 1.82) is 0 Å². The van der Waals surface area contributed by atoms with Crippen LogP contribution in [0, 0.1) is 6.92 Å². The minimum atomic E-state index is -1.000. The van der Waals surface area contributed by atoms with Crippen LogP contribution < -0.4 is 5.32 Å². The van der Waals surface area contributed by atoms with Crippen molar-refractivity contribution < 1.29 is 14.7 Å². The Morgan fingerprint density at radius 2 is 1.92 bits per heavy atom. The average Bonchev–Trinajstić information content (AvgIpc) is 2.95. The van der Waals surface area contributed by atoms with Gasteiger partial charge in [-0.3, -0.25) is 9.20 Å². The summed E-state index contributed by atoms with van der Waals surface area (Å²) in [6, 6.07) is 9.93. The molecule has 0 aliphatic rings. The van der Waals surface area contributed by atoms with Gasteiger partial charge in [0, 0.05) is 11.9 Å². The predicted molar refractivity (Wildman–Crippen MR) is 95.3 cm³/mol. The van der Waals surface area contributed by atoms with Gasteiger partial charge in [-0.05, 0) is 49.2 Å². The Morgan fingerprint density at radius 3 is 2.56 bits per heavy atom. The lowest BCUT2D eigenvalue weighted by molar-refractivity contribution is 0.0696. The van der Waals surface area contributed by atoms with E-state index in [1.165, 1.54) is 12.1 Å². The van der Waals surface area contributed by atoms with Crippen molar-refractivity contribution in [3.8, 4) is 0 Å². The number of carbonyl (C=O) groups excluding carboxylic acids is 1. The lowest BCUT2D eigenvalue weighted by atomic mass is 10.2. The number of imidazole rings is 1. The summed E-state index contributed by atoms with van der Waals surface area (Å²) >= 11 is 0. The van der Waals surface area contributed by atoms with E-state index in [0.29, 0.717) is 17.8 Å². The van der Waals surface area contributed by atoms with E-state index in [4.69, 9.17) is 5.11 Å². The summed E-state index contributed by atoms with van der Waals surface area (Å²) < 4.78 is 1.81. The first-order chi connectivity index (χ1) is 12.0. The molecule has 6 nitrogen and oxygen atoms in total. The zero-order valence-corrected chi connectivity index (χ0v) is 14.1. The first-order valence-electron chi connectivity index (χ1n) is 8.12. The number of nitrogens with one attached hydrogen (secondary N) is 1. The Bertz CT molecular complexity index is 942. The van der Waals surface area contributed by atoms with Gasteiger partial charge >= 0.3 is 5.97 Å². The fraction of sp³-hybridized carbons (Fsp3) is 0.211. The average molecular weight is 337 g/mol. The highest BCUT2D eigenvalue weighted by Gasteiger charge is 2.19. The molecule has 0 aliphatic carbocycles. The molecule has 0 bridgehead atoms. The summed E-state index contributed by atoms with van der Waals surface area (Å²) in [7, 11) is 0. The van der Waals surface area contributed by atoms with Crippen LogP contribution in [-0.2, 0) is 6.42 Å². The smallest absolute Gasteiger partial charge is 0.335 e. The van der Waals surface area contributed by atoms with Crippen LogP contribution in [-0.4, -0.2) is 26.4 Å². The number of hydrogen-bond donors (Lipinski definition) is 2. The molecule has 0 spiro atoms. The molecule has 128 valence electrons. The molecule has 0 fully saturated rings. The number of carboxylic acids is 1. The van der Waals surface area contributed by atoms with E-state index in [-0.39, 0.29) is 11.5 Å². The van der Waals surface area contributed by atoms with Gasteiger partial charge in [-0.15, -0.1) is 0 Å². The summed E-state index contributed by atoms with van der Waals surface area (Å²) in [6.07, 6.45) is 3.43. The maximum absolute atomic E-state index is 12.8. The Kier molecular flexibility index (Phi) is 4.52. The molecule has 6 heteroatoms. The fourth-order valence-electron chi connectivity index (χ4n) is 2.79. The SMILES string of the molecule is CCCc1nc2c(C)cccn2c1C(=O)Nc1ccc(C(=O)O)cc1. The van der Waals surface area contributed by atoms with Gasteiger partial charge in [0.2, 0.25) is 0 Å². The molecular formula is C19H19N3O3. The number of nitrogens with zero attached hydrogens (tertiary/aromatic N) is 2. The van der Waals surface area contributed by atoms with Crippen LogP contribution in [0.1, 0.15) is 45.4 Å². The number of hydrogen-bond acceptors (Lipinski definition) is 3. The number of rotatable bonds is 5. The summed E-state index contributed by atoms with van der Waals surface area (Å²) in [5.41, 5.74) is 3.77. The second kappa shape index (κ2) is 6.76. The number of benzene rings is 1. The number of carbonyl (C=O) groups is 2. The quantitative estimate of drug-likeness (QED) is 0.746. The maximum atomic E-state index is 12.8. The van der Waals surface area contributed by atoms with E-state index in [9.17, 15) is 9.59 Å². The Morgan fingerprint density at radius 1 is 1.20 bits per heavy atom. The number of aryl methyl sites for hydroxylation is 2. The summed E-state index contributed by atoms with van der Waals surface area (Å²) in [5, 5.41) is 11.8. The fourth-order valence-corrected chi connectivity index (χ4v) is 2.79. The highest BCUT2D eigenvalue weighted by atomic mass is 16.4. The Hall–Kier alpha value is -3.15. The van der Waals surface area contributed by atoms with Crippen molar-refractivity contribution in [2.45, 2.75) is 26.7 Å². The van der Waals surface area contributed by atoms with Gasteiger partial charge in [-0.1, -0.05) is 19.4 Å². The standard InChI is InChI=1S/C19H19N3O3/c1-3-5-15-16(22-11-4-6-12(2)17(22)21-15)18(23)20-14-9-7-13(8-10-14)19(24)25/h4,6-11H,3,5H2,1-2H3,(H,20,23)(H,24,25). The number of aromatic nitrogens is 2. The molecule has 2 heterocycles. The largest absolute Gasteiger partial charge is 0.478 e. The van der Waals surface area contributed by atoms with Gasteiger partial charge in [-0.2, -0.15) is 0 Å². The second-order valence-electron chi connectivity index (χ2n) is 5.88. The number of fused-ring (bicyclic) bond motifs is 1. The molecule has 0 unspecified atom stereocenters. The van der Waals surface area contributed by atoms with Crippen LogP contribution in [0.15, 0.2) is 42.6 Å². The molecule has 0 radical (unpaired) electrons. The molecule has 1 amide bonds. The molecule has 0 saturated carbocycles. The van der Waals surface area contributed by atoms with Gasteiger partial charge in [0.05, 0.1) is 11.3 Å². The zero-order chi connectivity index (χ0) is 18.0. The molecule has 3 aromatic rings. The van der Waals surface area contributed by atoms with E-state index in [2.05, 4.69) is 10.3 Å². The molecule has 1 aromatic carbocycles.